The predicted octanol–water partition coefficient (Wildman–Crippen LogP) is 1.74. The summed E-state index contributed by atoms with van der Waals surface area (Å²) in [6.45, 7) is 7.31. The van der Waals surface area contributed by atoms with Crippen LogP contribution < -0.4 is 9.80 Å². The van der Waals surface area contributed by atoms with E-state index < -0.39 is 0 Å². The molecule has 1 saturated heterocycles. The highest BCUT2D eigenvalue weighted by atomic mass is 16.5. The van der Waals surface area contributed by atoms with Crippen LogP contribution in [0.5, 0.6) is 0 Å². The highest BCUT2D eigenvalue weighted by Crippen LogP contribution is 2.27. The summed E-state index contributed by atoms with van der Waals surface area (Å²) in [6, 6.07) is 6.50. The zero-order valence-corrected chi connectivity index (χ0v) is 17.1. The van der Waals surface area contributed by atoms with Crippen LogP contribution in [0.4, 0.5) is 11.5 Å². The molecule has 1 aromatic carbocycles. The number of rotatable bonds is 4. The molecule has 5 rings (SSSR count). The van der Waals surface area contributed by atoms with Gasteiger partial charge in [-0.2, -0.15) is 0 Å². The van der Waals surface area contributed by atoms with E-state index in [0.29, 0.717) is 6.61 Å². The van der Waals surface area contributed by atoms with Gasteiger partial charge in [0, 0.05) is 70.6 Å². The quantitative estimate of drug-likeness (QED) is 0.669. The molecule has 0 bridgehead atoms. The Kier molecular flexibility index (Phi) is 4.81. The third kappa shape index (κ3) is 3.65. The molecule has 3 aromatic rings. The Morgan fingerprint density at radius 1 is 1.07 bits per heavy atom. The maximum atomic E-state index is 5.50. The molecule has 0 atom stereocenters. The molecule has 8 heteroatoms. The molecule has 0 radical (unpaired) electrons. The minimum absolute atomic E-state index is 0.633. The number of aromatic nitrogens is 4. The number of ether oxygens (including phenoxy) is 1. The van der Waals surface area contributed by atoms with Crippen molar-refractivity contribution in [3.63, 3.8) is 0 Å². The molecule has 2 aliphatic rings. The smallest absolute Gasteiger partial charge is 0.139 e. The van der Waals surface area contributed by atoms with Gasteiger partial charge in [0.2, 0.25) is 0 Å². The molecule has 0 N–H and O–H groups in total. The summed E-state index contributed by atoms with van der Waals surface area (Å²) >= 11 is 0. The van der Waals surface area contributed by atoms with E-state index in [2.05, 4.69) is 48.7 Å². The summed E-state index contributed by atoms with van der Waals surface area (Å²) in [6.07, 6.45) is 3.83. The number of hydrogen-bond acceptors (Lipinski definition) is 7. The number of benzene rings is 1. The molecule has 8 nitrogen and oxygen atoms in total. The monoisotopic (exact) mass is 393 g/mol. The molecule has 0 amide bonds. The molecule has 2 aromatic heterocycles. The average molecular weight is 393 g/mol. The largest absolute Gasteiger partial charge is 0.372 e. The molecular formula is C21H27N7O. The molecule has 152 valence electrons. The summed E-state index contributed by atoms with van der Waals surface area (Å²) in [5, 5.41) is 1.10. The zero-order valence-electron chi connectivity index (χ0n) is 17.1. The SMILES string of the molecule is CN(C)c1ncnc2ccc(N3CCN(Cc4cn5c(n4)COCC5)CC3)cc12. The third-order valence-corrected chi connectivity index (χ3v) is 5.76. The van der Waals surface area contributed by atoms with E-state index >= 15 is 0 Å². The Labute approximate surface area is 170 Å². The molecule has 0 spiro atoms. The third-order valence-electron chi connectivity index (χ3n) is 5.76. The van der Waals surface area contributed by atoms with Crippen molar-refractivity contribution in [2.75, 3.05) is 56.7 Å². The summed E-state index contributed by atoms with van der Waals surface area (Å²) < 4.78 is 7.73. The van der Waals surface area contributed by atoms with Gasteiger partial charge in [-0.3, -0.25) is 4.90 Å². The van der Waals surface area contributed by atoms with Gasteiger partial charge >= 0.3 is 0 Å². The molecule has 0 aliphatic carbocycles. The van der Waals surface area contributed by atoms with Crippen LogP contribution in [0.3, 0.4) is 0 Å². The lowest BCUT2D eigenvalue weighted by molar-refractivity contribution is 0.0816. The molecule has 0 saturated carbocycles. The van der Waals surface area contributed by atoms with Crippen molar-refractivity contribution in [1.82, 2.24) is 24.4 Å². The van der Waals surface area contributed by atoms with Crippen molar-refractivity contribution in [3.05, 3.63) is 42.2 Å². The van der Waals surface area contributed by atoms with Crippen molar-refractivity contribution < 1.29 is 4.74 Å². The summed E-state index contributed by atoms with van der Waals surface area (Å²) in [5.41, 5.74) is 3.38. The Morgan fingerprint density at radius 3 is 2.72 bits per heavy atom. The first-order valence-electron chi connectivity index (χ1n) is 10.2. The minimum atomic E-state index is 0.633. The number of imidazole rings is 1. The van der Waals surface area contributed by atoms with Gasteiger partial charge in [-0.1, -0.05) is 0 Å². The molecule has 4 heterocycles. The van der Waals surface area contributed by atoms with Gasteiger partial charge < -0.3 is 19.1 Å². The predicted molar refractivity (Wildman–Crippen MR) is 113 cm³/mol. The zero-order chi connectivity index (χ0) is 19.8. The van der Waals surface area contributed by atoms with Crippen LogP contribution in [-0.4, -0.2) is 71.3 Å². The average Bonchev–Trinajstić information content (AvgIpc) is 3.15. The topological polar surface area (TPSA) is 62.6 Å². The Morgan fingerprint density at radius 2 is 1.93 bits per heavy atom. The first kappa shape index (κ1) is 18.3. The van der Waals surface area contributed by atoms with Crippen LogP contribution in [0, 0.1) is 0 Å². The maximum Gasteiger partial charge on any atom is 0.139 e. The number of anilines is 2. The highest BCUT2D eigenvalue weighted by molar-refractivity contribution is 5.91. The first-order valence-corrected chi connectivity index (χ1v) is 10.2. The van der Waals surface area contributed by atoms with E-state index in [1.165, 1.54) is 5.69 Å². The van der Waals surface area contributed by atoms with Gasteiger partial charge in [-0.25, -0.2) is 15.0 Å². The second kappa shape index (κ2) is 7.61. The number of nitrogens with zero attached hydrogens (tertiary/aromatic N) is 7. The number of piperazine rings is 1. The second-order valence-electron chi connectivity index (χ2n) is 7.95. The maximum absolute atomic E-state index is 5.50. The minimum Gasteiger partial charge on any atom is -0.372 e. The van der Waals surface area contributed by atoms with Gasteiger partial charge in [0.05, 0.1) is 17.8 Å². The van der Waals surface area contributed by atoms with E-state index in [0.717, 1.165) is 74.1 Å². The van der Waals surface area contributed by atoms with Gasteiger partial charge in [0.25, 0.3) is 0 Å². The number of fused-ring (bicyclic) bond motifs is 2. The van der Waals surface area contributed by atoms with Crippen LogP contribution in [-0.2, 0) is 24.4 Å². The number of hydrogen-bond donors (Lipinski definition) is 0. The lowest BCUT2D eigenvalue weighted by Gasteiger charge is -2.36. The highest BCUT2D eigenvalue weighted by Gasteiger charge is 2.20. The normalized spacial score (nSPS) is 17.5. The molecule has 0 unspecified atom stereocenters. The van der Waals surface area contributed by atoms with Crippen molar-refractivity contribution >= 4 is 22.4 Å². The van der Waals surface area contributed by atoms with Crippen LogP contribution in [0.1, 0.15) is 11.5 Å². The standard InChI is InChI=1S/C21H27N7O/c1-25(2)21-18-11-17(3-4-19(18)22-15-23-21)27-7-5-26(6-8-27)12-16-13-28-9-10-29-14-20(28)24-16/h3-4,11,13,15H,5-10,12,14H2,1-2H3. The van der Waals surface area contributed by atoms with E-state index in [4.69, 9.17) is 9.72 Å². The molecule has 29 heavy (non-hydrogen) atoms. The Bertz CT molecular complexity index is 984. The fourth-order valence-corrected chi connectivity index (χ4v) is 4.20. The van der Waals surface area contributed by atoms with Gasteiger partial charge in [0.1, 0.15) is 24.6 Å². The van der Waals surface area contributed by atoms with E-state index in [1.807, 2.05) is 19.0 Å². The summed E-state index contributed by atoms with van der Waals surface area (Å²) in [4.78, 5) is 20.6. The van der Waals surface area contributed by atoms with Crippen molar-refractivity contribution in [1.29, 1.82) is 0 Å². The van der Waals surface area contributed by atoms with E-state index in [-0.39, 0.29) is 0 Å². The second-order valence-corrected chi connectivity index (χ2v) is 7.95. The lowest BCUT2D eigenvalue weighted by atomic mass is 10.1. The fraction of sp³-hybridized carbons (Fsp3) is 0.476. The molecule has 1 fully saturated rings. The summed E-state index contributed by atoms with van der Waals surface area (Å²) in [5.74, 6) is 2.02. The lowest BCUT2D eigenvalue weighted by Crippen LogP contribution is -2.46. The van der Waals surface area contributed by atoms with Crippen molar-refractivity contribution in [2.45, 2.75) is 19.7 Å². The fourth-order valence-electron chi connectivity index (χ4n) is 4.20. The van der Waals surface area contributed by atoms with Crippen LogP contribution in [0.25, 0.3) is 10.9 Å². The molecular weight excluding hydrogens is 366 g/mol. The van der Waals surface area contributed by atoms with Crippen LogP contribution in [0.2, 0.25) is 0 Å². The summed E-state index contributed by atoms with van der Waals surface area (Å²) in [7, 11) is 4.04. The van der Waals surface area contributed by atoms with Crippen molar-refractivity contribution in [2.24, 2.45) is 0 Å². The first-order chi connectivity index (χ1) is 14.2. The van der Waals surface area contributed by atoms with E-state index in [1.54, 1.807) is 6.33 Å². The van der Waals surface area contributed by atoms with Gasteiger partial charge in [-0.05, 0) is 18.2 Å². The van der Waals surface area contributed by atoms with Gasteiger partial charge in [-0.15, -0.1) is 0 Å². The Hall–Kier alpha value is -2.71. The molecule has 2 aliphatic heterocycles. The van der Waals surface area contributed by atoms with Crippen molar-refractivity contribution in [3.8, 4) is 0 Å². The van der Waals surface area contributed by atoms with E-state index in [9.17, 15) is 0 Å². The van der Waals surface area contributed by atoms with Gasteiger partial charge in [0.15, 0.2) is 0 Å². The Balaban J connectivity index is 1.27. The van der Waals surface area contributed by atoms with Crippen LogP contribution in [0.15, 0.2) is 30.7 Å². The van der Waals surface area contributed by atoms with Crippen LogP contribution >= 0.6 is 0 Å².